The van der Waals surface area contributed by atoms with E-state index in [-0.39, 0.29) is 30.1 Å². The molecule has 0 aliphatic carbocycles. The van der Waals surface area contributed by atoms with Gasteiger partial charge >= 0.3 is 0 Å². The van der Waals surface area contributed by atoms with Crippen LogP contribution in [0.4, 0.5) is 0 Å². The van der Waals surface area contributed by atoms with Crippen LogP contribution in [0.25, 0.3) is 10.2 Å². The highest BCUT2D eigenvalue weighted by Gasteiger charge is 2.15. The molecule has 27 heavy (non-hydrogen) atoms. The number of halogens is 1. The van der Waals surface area contributed by atoms with Crippen molar-refractivity contribution in [2.75, 3.05) is 6.61 Å². The van der Waals surface area contributed by atoms with E-state index in [1.54, 1.807) is 29.9 Å². The summed E-state index contributed by atoms with van der Waals surface area (Å²) >= 11 is 7.16. The summed E-state index contributed by atoms with van der Waals surface area (Å²) in [6.45, 7) is 0.0970. The molecule has 0 aliphatic heterocycles. The van der Waals surface area contributed by atoms with Crippen LogP contribution in [0, 0.1) is 11.8 Å². The summed E-state index contributed by atoms with van der Waals surface area (Å²) in [6, 6.07) is 8.82. The van der Waals surface area contributed by atoms with E-state index in [2.05, 4.69) is 22.3 Å². The third-order valence-electron chi connectivity index (χ3n) is 3.81. The zero-order chi connectivity index (χ0) is 19.4. The van der Waals surface area contributed by atoms with Crippen LogP contribution in [0.1, 0.15) is 16.1 Å². The van der Waals surface area contributed by atoms with Gasteiger partial charge in [-0.3, -0.25) is 14.3 Å². The standard InChI is InChI=1S/C19H16ClN3O3S/c1-23-19-15(9-14(27-19)3-2-8-24)18(26)16(22-23)10-17(25)21-11-12-4-6-13(20)7-5-12/h4-7,9,24H,8,10-11H2,1H3,(H,21,25). The molecule has 3 rings (SSSR count). The van der Waals surface area contributed by atoms with Crippen molar-refractivity contribution in [1.29, 1.82) is 0 Å². The number of aliphatic hydroxyl groups is 1. The van der Waals surface area contributed by atoms with Crippen molar-refractivity contribution < 1.29 is 9.90 Å². The number of rotatable bonds is 4. The molecule has 0 radical (unpaired) electrons. The molecule has 0 bridgehead atoms. The van der Waals surface area contributed by atoms with Crippen LogP contribution >= 0.6 is 22.9 Å². The summed E-state index contributed by atoms with van der Waals surface area (Å²) in [4.78, 5) is 26.2. The summed E-state index contributed by atoms with van der Waals surface area (Å²) in [6.07, 6.45) is -0.107. The largest absolute Gasteiger partial charge is 0.384 e. The Morgan fingerprint density at radius 1 is 1.37 bits per heavy atom. The number of aromatic nitrogens is 2. The second kappa shape index (κ2) is 8.35. The van der Waals surface area contributed by atoms with Crippen LogP contribution in [0.15, 0.2) is 35.1 Å². The third-order valence-corrected chi connectivity index (χ3v) is 5.17. The number of nitrogens with one attached hydrogen (secondary N) is 1. The van der Waals surface area contributed by atoms with Crippen LogP contribution in [0.3, 0.4) is 0 Å². The summed E-state index contributed by atoms with van der Waals surface area (Å²) in [5.74, 6) is 5.06. The van der Waals surface area contributed by atoms with E-state index in [0.29, 0.717) is 26.7 Å². The SMILES string of the molecule is Cn1nc(CC(=O)NCc2ccc(Cl)cc2)c(=O)c2cc(C#CCO)sc21. The minimum atomic E-state index is -0.288. The molecule has 0 saturated heterocycles. The highest BCUT2D eigenvalue weighted by atomic mass is 35.5. The van der Waals surface area contributed by atoms with Gasteiger partial charge in [0.25, 0.3) is 0 Å². The highest BCUT2D eigenvalue weighted by Crippen LogP contribution is 2.21. The number of fused-ring (bicyclic) bond motifs is 1. The van der Waals surface area contributed by atoms with Crippen LogP contribution in [0.5, 0.6) is 0 Å². The first-order chi connectivity index (χ1) is 13.0. The lowest BCUT2D eigenvalue weighted by Crippen LogP contribution is -2.28. The third kappa shape index (κ3) is 4.55. The molecule has 0 unspecified atom stereocenters. The monoisotopic (exact) mass is 401 g/mol. The van der Waals surface area contributed by atoms with E-state index in [9.17, 15) is 9.59 Å². The number of carbonyl (C=O) groups excluding carboxylic acids is 1. The second-order valence-corrected chi connectivity index (χ2v) is 7.24. The first kappa shape index (κ1) is 19.1. The highest BCUT2D eigenvalue weighted by molar-refractivity contribution is 7.19. The molecule has 2 aromatic heterocycles. The van der Waals surface area contributed by atoms with E-state index < -0.39 is 0 Å². The lowest BCUT2D eigenvalue weighted by Gasteiger charge is -2.07. The molecule has 0 saturated carbocycles. The van der Waals surface area contributed by atoms with Crippen molar-refractivity contribution in [2.45, 2.75) is 13.0 Å². The lowest BCUT2D eigenvalue weighted by atomic mass is 10.2. The second-order valence-electron chi connectivity index (χ2n) is 5.77. The fourth-order valence-corrected chi connectivity index (χ4v) is 3.60. The lowest BCUT2D eigenvalue weighted by molar-refractivity contribution is -0.120. The smallest absolute Gasteiger partial charge is 0.226 e. The number of aryl methyl sites for hydroxylation is 1. The van der Waals surface area contributed by atoms with E-state index in [1.165, 1.54) is 11.3 Å². The normalized spacial score (nSPS) is 10.5. The van der Waals surface area contributed by atoms with Gasteiger partial charge in [-0.2, -0.15) is 5.10 Å². The number of amides is 1. The molecule has 0 atom stereocenters. The van der Waals surface area contributed by atoms with Crippen LogP contribution in [-0.2, 0) is 24.8 Å². The molecule has 2 N–H and O–H groups in total. The molecule has 2 heterocycles. The van der Waals surface area contributed by atoms with Gasteiger partial charge in [0.15, 0.2) is 0 Å². The van der Waals surface area contributed by atoms with Crippen molar-refractivity contribution in [3.8, 4) is 11.8 Å². The Balaban J connectivity index is 1.77. The van der Waals surface area contributed by atoms with Crippen molar-refractivity contribution in [3.05, 3.63) is 61.7 Å². The van der Waals surface area contributed by atoms with Gasteiger partial charge in [0, 0.05) is 18.6 Å². The number of benzene rings is 1. The van der Waals surface area contributed by atoms with Crippen LogP contribution < -0.4 is 10.7 Å². The number of hydrogen-bond acceptors (Lipinski definition) is 5. The number of carbonyl (C=O) groups is 1. The zero-order valence-corrected chi connectivity index (χ0v) is 16.0. The van der Waals surface area contributed by atoms with Gasteiger partial charge in [-0.25, -0.2) is 0 Å². The Kier molecular flexibility index (Phi) is 5.91. The Morgan fingerprint density at radius 3 is 2.81 bits per heavy atom. The number of nitrogens with zero attached hydrogens (tertiary/aromatic N) is 2. The topological polar surface area (TPSA) is 84.2 Å². The van der Waals surface area contributed by atoms with Crippen molar-refractivity contribution in [3.63, 3.8) is 0 Å². The molecule has 0 spiro atoms. The quantitative estimate of drug-likeness (QED) is 0.653. The van der Waals surface area contributed by atoms with Crippen LogP contribution in [0.2, 0.25) is 5.02 Å². The molecule has 138 valence electrons. The fraction of sp³-hybridized carbons (Fsp3) is 0.211. The molecule has 0 aliphatic rings. The zero-order valence-electron chi connectivity index (χ0n) is 14.5. The fourth-order valence-electron chi connectivity index (χ4n) is 2.53. The van der Waals surface area contributed by atoms with Gasteiger partial charge in [0.1, 0.15) is 17.1 Å². The van der Waals surface area contributed by atoms with Gasteiger partial charge in [-0.05, 0) is 23.8 Å². The molecular weight excluding hydrogens is 386 g/mol. The molecule has 6 nitrogen and oxygen atoms in total. The Hall–Kier alpha value is -2.66. The Bertz CT molecular complexity index is 1110. The van der Waals surface area contributed by atoms with Crippen molar-refractivity contribution in [2.24, 2.45) is 7.05 Å². The summed E-state index contributed by atoms with van der Waals surface area (Å²) in [7, 11) is 1.72. The average molecular weight is 402 g/mol. The molecule has 0 fully saturated rings. The maximum atomic E-state index is 12.7. The first-order valence-corrected chi connectivity index (χ1v) is 9.28. The number of aliphatic hydroxyl groups excluding tert-OH is 1. The Labute approximate surface area is 164 Å². The summed E-state index contributed by atoms with van der Waals surface area (Å²) in [5, 5.41) is 16.9. The molecule has 1 aromatic carbocycles. The number of thiophene rings is 1. The number of hydrogen-bond donors (Lipinski definition) is 2. The molecule has 1 amide bonds. The van der Waals surface area contributed by atoms with Crippen LogP contribution in [-0.4, -0.2) is 27.4 Å². The Morgan fingerprint density at radius 2 is 2.11 bits per heavy atom. The predicted molar refractivity (Wildman–Crippen MR) is 106 cm³/mol. The molecule has 8 heteroatoms. The minimum Gasteiger partial charge on any atom is -0.384 e. The predicted octanol–water partition coefficient (Wildman–Crippen LogP) is 1.85. The summed E-state index contributed by atoms with van der Waals surface area (Å²) in [5.41, 5.74) is 0.810. The van der Waals surface area contributed by atoms with E-state index in [0.717, 1.165) is 5.56 Å². The van der Waals surface area contributed by atoms with Gasteiger partial charge in [0.05, 0.1) is 16.7 Å². The first-order valence-electron chi connectivity index (χ1n) is 8.08. The maximum Gasteiger partial charge on any atom is 0.226 e. The van der Waals surface area contributed by atoms with Crippen molar-refractivity contribution >= 4 is 39.1 Å². The van der Waals surface area contributed by atoms with Gasteiger partial charge in [0.2, 0.25) is 11.3 Å². The van der Waals surface area contributed by atoms with E-state index in [4.69, 9.17) is 16.7 Å². The molecule has 3 aromatic rings. The van der Waals surface area contributed by atoms with Gasteiger partial charge in [-0.15, -0.1) is 11.3 Å². The van der Waals surface area contributed by atoms with Crippen molar-refractivity contribution in [1.82, 2.24) is 15.1 Å². The van der Waals surface area contributed by atoms with Gasteiger partial charge < -0.3 is 10.4 Å². The molecular formula is C19H16ClN3O3S. The van der Waals surface area contributed by atoms with E-state index in [1.807, 2.05) is 12.1 Å². The van der Waals surface area contributed by atoms with E-state index >= 15 is 0 Å². The average Bonchev–Trinajstić information content (AvgIpc) is 3.09. The van der Waals surface area contributed by atoms with Gasteiger partial charge in [-0.1, -0.05) is 35.6 Å². The summed E-state index contributed by atoms with van der Waals surface area (Å²) < 4.78 is 1.58. The maximum absolute atomic E-state index is 12.7. The minimum absolute atomic E-state index is 0.107.